The van der Waals surface area contributed by atoms with E-state index in [-0.39, 0.29) is 18.5 Å². The molecule has 0 aliphatic rings. The number of aryl methyl sites for hydroxylation is 1. The minimum absolute atomic E-state index is 0.110. The number of benzene rings is 2. The number of nitrogens with one attached hydrogen (secondary N) is 1. The maximum absolute atomic E-state index is 14.9. The molecule has 1 unspecified atom stereocenters. The summed E-state index contributed by atoms with van der Waals surface area (Å²) in [4.78, 5) is 4.00. The fourth-order valence-corrected chi connectivity index (χ4v) is 3.11. The lowest BCUT2D eigenvalue weighted by atomic mass is 9.97. The van der Waals surface area contributed by atoms with Gasteiger partial charge in [0.25, 0.3) is 0 Å². The molecule has 3 N–H and O–H groups in total. The van der Waals surface area contributed by atoms with Gasteiger partial charge in [0.1, 0.15) is 17.5 Å². The van der Waals surface area contributed by atoms with Gasteiger partial charge in [-0.3, -0.25) is 4.21 Å². The van der Waals surface area contributed by atoms with E-state index >= 15 is 0 Å². The summed E-state index contributed by atoms with van der Waals surface area (Å²) >= 11 is -2.35. The van der Waals surface area contributed by atoms with E-state index in [2.05, 4.69) is 9.71 Å². The number of nitrogens with zero attached hydrogens (tertiary/aromatic N) is 1. The molecule has 0 fully saturated rings. The first-order valence-corrected chi connectivity index (χ1v) is 8.98. The third kappa shape index (κ3) is 4.04. The van der Waals surface area contributed by atoms with Crippen molar-refractivity contribution in [3.8, 4) is 11.1 Å². The van der Waals surface area contributed by atoms with Gasteiger partial charge in [-0.1, -0.05) is 18.2 Å². The minimum atomic E-state index is -2.35. The Labute approximate surface area is 151 Å². The molecule has 26 heavy (non-hydrogen) atoms. The predicted octanol–water partition coefficient (Wildman–Crippen LogP) is 3.08. The molecule has 2 aromatic carbocycles. The fraction of sp³-hybridized carbons (Fsp3) is 0.167. The van der Waals surface area contributed by atoms with Crippen molar-refractivity contribution in [3.63, 3.8) is 0 Å². The van der Waals surface area contributed by atoms with Crippen molar-refractivity contribution in [1.29, 1.82) is 0 Å². The SMILES string of the molecule is Nc1cc2ccc(-c3c(F)ccc(CCCNS(=O)[O-])c3F)cc2cn1. The van der Waals surface area contributed by atoms with Crippen LogP contribution in [0.4, 0.5) is 14.6 Å². The molecule has 136 valence electrons. The Morgan fingerprint density at radius 3 is 2.73 bits per heavy atom. The van der Waals surface area contributed by atoms with Crippen LogP contribution in [0.15, 0.2) is 42.6 Å². The smallest absolute Gasteiger partial charge is 0.137 e. The minimum Gasteiger partial charge on any atom is -0.760 e. The summed E-state index contributed by atoms with van der Waals surface area (Å²) in [5.41, 5.74) is 6.26. The molecule has 0 spiro atoms. The molecule has 3 rings (SSSR count). The lowest BCUT2D eigenvalue weighted by molar-refractivity contribution is 0.520. The zero-order valence-electron chi connectivity index (χ0n) is 13.7. The van der Waals surface area contributed by atoms with Crippen molar-refractivity contribution in [2.75, 3.05) is 12.3 Å². The highest BCUT2D eigenvalue weighted by Crippen LogP contribution is 2.31. The highest BCUT2D eigenvalue weighted by atomic mass is 32.2. The van der Waals surface area contributed by atoms with Crippen molar-refractivity contribution in [3.05, 3.63) is 59.8 Å². The van der Waals surface area contributed by atoms with Crippen LogP contribution in [0, 0.1) is 11.6 Å². The predicted molar refractivity (Wildman–Crippen MR) is 96.8 cm³/mol. The Morgan fingerprint density at radius 2 is 1.96 bits per heavy atom. The van der Waals surface area contributed by atoms with Gasteiger partial charge in [-0.25, -0.2) is 18.5 Å². The zero-order valence-corrected chi connectivity index (χ0v) is 14.5. The van der Waals surface area contributed by atoms with E-state index in [4.69, 9.17) is 5.73 Å². The molecule has 0 saturated carbocycles. The number of nitrogen functional groups attached to an aromatic ring is 1. The molecular weight excluding hydrogens is 360 g/mol. The number of rotatable bonds is 6. The monoisotopic (exact) mass is 376 g/mol. The number of halogens is 2. The van der Waals surface area contributed by atoms with Crippen LogP contribution in [0.3, 0.4) is 0 Å². The average Bonchev–Trinajstić information content (AvgIpc) is 2.60. The number of aromatic nitrogens is 1. The van der Waals surface area contributed by atoms with Gasteiger partial charge in [-0.05, 0) is 47.6 Å². The maximum Gasteiger partial charge on any atom is 0.137 e. The quantitative estimate of drug-likeness (QED) is 0.511. The van der Waals surface area contributed by atoms with Gasteiger partial charge < -0.3 is 10.3 Å². The fourth-order valence-electron chi connectivity index (χ4n) is 2.80. The standard InChI is InChI=1S/C18H17F2N3O2S/c19-15-6-5-11(2-1-7-23-26(24)25)18(20)17(15)13-4-3-12-9-16(21)22-10-14(12)8-13/h3-6,8-10,23H,1-2,7H2,(H2,21,22)(H,24,25)/p-1. The second-order valence-corrected chi connectivity index (χ2v) is 6.56. The lowest BCUT2D eigenvalue weighted by Crippen LogP contribution is -2.18. The number of nitrogens with two attached hydrogens (primary N) is 1. The highest BCUT2D eigenvalue weighted by molar-refractivity contribution is 7.77. The normalized spacial score (nSPS) is 12.4. The van der Waals surface area contributed by atoms with Crippen LogP contribution in [0.25, 0.3) is 21.9 Å². The lowest BCUT2D eigenvalue weighted by Gasteiger charge is -2.12. The van der Waals surface area contributed by atoms with Crippen LogP contribution >= 0.6 is 0 Å². The Balaban J connectivity index is 1.92. The number of anilines is 1. The second kappa shape index (κ2) is 7.86. The average molecular weight is 376 g/mol. The molecule has 1 heterocycles. The van der Waals surface area contributed by atoms with E-state index in [0.717, 1.165) is 10.8 Å². The van der Waals surface area contributed by atoms with Crippen molar-refractivity contribution in [1.82, 2.24) is 9.71 Å². The van der Waals surface area contributed by atoms with E-state index in [1.165, 1.54) is 12.1 Å². The molecule has 0 saturated heterocycles. The summed E-state index contributed by atoms with van der Waals surface area (Å²) in [5.74, 6) is -0.930. The third-order valence-corrected chi connectivity index (χ3v) is 4.49. The van der Waals surface area contributed by atoms with Crippen LogP contribution in [0.5, 0.6) is 0 Å². The molecule has 1 aromatic heterocycles. The Hall–Kier alpha value is -2.42. The van der Waals surface area contributed by atoms with Crippen LogP contribution in [0.2, 0.25) is 0 Å². The van der Waals surface area contributed by atoms with Gasteiger partial charge in [-0.15, -0.1) is 0 Å². The summed E-state index contributed by atoms with van der Waals surface area (Å²) < 4.78 is 52.3. The number of hydrogen-bond acceptors (Lipinski definition) is 4. The summed E-state index contributed by atoms with van der Waals surface area (Å²) in [6, 6.07) is 9.32. The van der Waals surface area contributed by atoms with Gasteiger partial charge in [0.05, 0.1) is 5.56 Å². The van der Waals surface area contributed by atoms with Crippen molar-refractivity contribution < 1.29 is 17.5 Å². The number of hydrogen-bond donors (Lipinski definition) is 2. The molecular formula is C18H16F2N3O2S-. The molecule has 0 radical (unpaired) electrons. The third-order valence-electron chi connectivity index (χ3n) is 4.05. The largest absolute Gasteiger partial charge is 0.760 e. The van der Waals surface area contributed by atoms with Gasteiger partial charge in [0, 0.05) is 29.4 Å². The van der Waals surface area contributed by atoms with E-state index < -0.39 is 22.9 Å². The summed E-state index contributed by atoms with van der Waals surface area (Å²) in [6.45, 7) is 0.186. The first-order chi connectivity index (χ1) is 12.5. The number of fused-ring (bicyclic) bond motifs is 1. The topological polar surface area (TPSA) is 91.1 Å². The van der Waals surface area contributed by atoms with E-state index in [1.54, 1.807) is 30.5 Å². The van der Waals surface area contributed by atoms with Crippen molar-refractivity contribution in [2.45, 2.75) is 12.8 Å². The van der Waals surface area contributed by atoms with Crippen LogP contribution in [-0.4, -0.2) is 20.3 Å². The summed E-state index contributed by atoms with van der Waals surface area (Å²) in [6.07, 6.45) is 2.24. The van der Waals surface area contributed by atoms with Gasteiger partial charge in [0.2, 0.25) is 0 Å². The van der Waals surface area contributed by atoms with Gasteiger partial charge >= 0.3 is 0 Å². The zero-order chi connectivity index (χ0) is 18.7. The Bertz CT molecular complexity index is 982. The number of pyridine rings is 1. The van der Waals surface area contributed by atoms with Crippen LogP contribution < -0.4 is 10.5 Å². The molecule has 0 aliphatic carbocycles. The highest BCUT2D eigenvalue weighted by Gasteiger charge is 2.16. The molecule has 0 bridgehead atoms. The van der Waals surface area contributed by atoms with Crippen molar-refractivity contribution in [2.24, 2.45) is 0 Å². The molecule has 0 aliphatic heterocycles. The Morgan fingerprint density at radius 1 is 1.15 bits per heavy atom. The first-order valence-electron chi connectivity index (χ1n) is 7.91. The summed E-state index contributed by atoms with van der Waals surface area (Å²) in [7, 11) is 0. The first kappa shape index (κ1) is 18.4. The summed E-state index contributed by atoms with van der Waals surface area (Å²) in [5, 5.41) is 1.55. The maximum atomic E-state index is 14.9. The van der Waals surface area contributed by atoms with Crippen LogP contribution in [-0.2, 0) is 17.7 Å². The van der Waals surface area contributed by atoms with Gasteiger partial charge in [-0.2, -0.15) is 0 Å². The van der Waals surface area contributed by atoms with Crippen LogP contribution in [0.1, 0.15) is 12.0 Å². The van der Waals surface area contributed by atoms with Gasteiger partial charge in [0.15, 0.2) is 0 Å². The molecule has 0 amide bonds. The van der Waals surface area contributed by atoms with E-state index in [1.807, 2.05) is 0 Å². The molecule has 5 nitrogen and oxygen atoms in total. The molecule has 8 heteroatoms. The van der Waals surface area contributed by atoms with E-state index in [0.29, 0.717) is 23.4 Å². The molecule has 1 atom stereocenters. The second-order valence-electron chi connectivity index (χ2n) is 5.80. The Kier molecular flexibility index (Phi) is 5.55. The molecule has 3 aromatic rings. The van der Waals surface area contributed by atoms with Crippen molar-refractivity contribution >= 4 is 27.9 Å². The van der Waals surface area contributed by atoms with E-state index in [9.17, 15) is 17.5 Å².